The summed E-state index contributed by atoms with van der Waals surface area (Å²) in [5, 5.41) is 12.1. The summed E-state index contributed by atoms with van der Waals surface area (Å²) in [5.41, 5.74) is 1.25. The molecule has 1 atom stereocenters. The predicted octanol–water partition coefficient (Wildman–Crippen LogP) is 3.22. The highest BCUT2D eigenvalue weighted by molar-refractivity contribution is 7.10. The summed E-state index contributed by atoms with van der Waals surface area (Å²) in [6.07, 6.45) is 2.60. The number of carbonyl (C=O) groups excluding carboxylic acids is 1. The summed E-state index contributed by atoms with van der Waals surface area (Å²) in [6.45, 7) is 6.77. The van der Waals surface area contributed by atoms with Crippen LogP contribution in [0, 0.1) is 6.92 Å². The molecule has 2 heterocycles. The molecule has 2 aromatic heterocycles. The Kier molecular flexibility index (Phi) is 4.79. The van der Waals surface area contributed by atoms with Crippen molar-refractivity contribution in [1.29, 1.82) is 0 Å². The van der Waals surface area contributed by atoms with E-state index in [9.17, 15) is 4.79 Å². The second-order valence-corrected chi connectivity index (χ2v) is 5.81. The van der Waals surface area contributed by atoms with Gasteiger partial charge in [-0.05, 0) is 37.3 Å². The van der Waals surface area contributed by atoms with Crippen LogP contribution in [0.4, 0.5) is 10.6 Å². The lowest BCUT2D eigenvalue weighted by atomic mass is 10.3. The van der Waals surface area contributed by atoms with E-state index < -0.39 is 0 Å². The molecule has 0 fully saturated rings. The number of rotatable bonds is 5. The molecular weight excluding hydrogens is 272 g/mol. The van der Waals surface area contributed by atoms with E-state index in [1.807, 2.05) is 13.8 Å². The third-order valence-electron chi connectivity index (χ3n) is 3.21. The van der Waals surface area contributed by atoms with Gasteiger partial charge in [0.15, 0.2) is 0 Å². The van der Waals surface area contributed by atoms with Crippen LogP contribution in [0.5, 0.6) is 0 Å². The van der Waals surface area contributed by atoms with Crippen LogP contribution in [0.3, 0.4) is 0 Å². The van der Waals surface area contributed by atoms with Crippen molar-refractivity contribution in [2.75, 3.05) is 5.32 Å². The number of nitrogens with zero attached hydrogens (tertiary/aromatic N) is 2. The lowest BCUT2D eigenvalue weighted by Crippen LogP contribution is -2.36. The van der Waals surface area contributed by atoms with Crippen molar-refractivity contribution in [3.05, 3.63) is 34.2 Å². The molecule has 0 bridgehead atoms. The zero-order valence-electron chi connectivity index (χ0n) is 12.0. The van der Waals surface area contributed by atoms with Gasteiger partial charge in [0.05, 0.1) is 12.7 Å². The maximum Gasteiger partial charge on any atom is 0.320 e. The topological polar surface area (TPSA) is 59.0 Å². The molecule has 0 spiro atoms. The van der Waals surface area contributed by atoms with E-state index in [-0.39, 0.29) is 12.1 Å². The molecule has 0 aliphatic rings. The minimum Gasteiger partial charge on any atom is -0.335 e. The van der Waals surface area contributed by atoms with Gasteiger partial charge in [0.1, 0.15) is 5.82 Å². The fraction of sp³-hybridized carbons (Fsp3) is 0.429. The molecule has 6 heteroatoms. The number of urea groups is 1. The van der Waals surface area contributed by atoms with Crippen molar-refractivity contribution < 1.29 is 4.79 Å². The second kappa shape index (κ2) is 6.56. The average Bonchev–Trinajstić information content (AvgIpc) is 3.00. The van der Waals surface area contributed by atoms with E-state index in [0.717, 1.165) is 6.42 Å². The van der Waals surface area contributed by atoms with Crippen LogP contribution in [-0.2, 0) is 6.54 Å². The lowest BCUT2D eigenvalue weighted by molar-refractivity contribution is 0.248. The maximum atomic E-state index is 11.8. The number of aromatic nitrogens is 2. The minimum atomic E-state index is -0.191. The number of aryl methyl sites for hydroxylation is 1. The van der Waals surface area contributed by atoms with Crippen LogP contribution in [0.1, 0.15) is 30.7 Å². The summed E-state index contributed by atoms with van der Waals surface area (Å²) in [6, 6.07) is 3.86. The smallest absolute Gasteiger partial charge is 0.320 e. The van der Waals surface area contributed by atoms with E-state index in [2.05, 4.69) is 34.1 Å². The van der Waals surface area contributed by atoms with Crippen LogP contribution in [0.25, 0.3) is 0 Å². The van der Waals surface area contributed by atoms with E-state index in [1.54, 1.807) is 28.3 Å². The van der Waals surface area contributed by atoms with Gasteiger partial charge in [-0.3, -0.25) is 5.32 Å². The number of anilines is 1. The van der Waals surface area contributed by atoms with Gasteiger partial charge in [-0.2, -0.15) is 5.10 Å². The number of nitrogens with one attached hydrogen (secondary N) is 2. The highest BCUT2D eigenvalue weighted by Crippen LogP contribution is 2.18. The Bertz CT molecular complexity index is 575. The minimum absolute atomic E-state index is 0.158. The second-order valence-electron chi connectivity index (χ2n) is 4.81. The van der Waals surface area contributed by atoms with Gasteiger partial charge in [0.2, 0.25) is 0 Å². The lowest BCUT2D eigenvalue weighted by Gasteiger charge is -2.13. The van der Waals surface area contributed by atoms with E-state index in [4.69, 9.17) is 0 Å². The molecule has 0 saturated heterocycles. The average molecular weight is 292 g/mol. The van der Waals surface area contributed by atoms with Gasteiger partial charge < -0.3 is 5.32 Å². The van der Waals surface area contributed by atoms with Gasteiger partial charge in [-0.15, -0.1) is 11.3 Å². The van der Waals surface area contributed by atoms with Crippen LogP contribution >= 0.6 is 11.3 Å². The van der Waals surface area contributed by atoms with E-state index >= 15 is 0 Å². The normalized spacial score (nSPS) is 12.2. The molecular formula is C14H20N4OS. The Hall–Kier alpha value is -1.82. The first-order chi connectivity index (χ1) is 9.60. The van der Waals surface area contributed by atoms with Crippen molar-refractivity contribution in [2.24, 2.45) is 0 Å². The van der Waals surface area contributed by atoms with E-state index in [0.29, 0.717) is 12.4 Å². The first-order valence-corrected chi connectivity index (χ1v) is 7.60. The highest BCUT2D eigenvalue weighted by atomic mass is 32.1. The number of hydrogen-bond acceptors (Lipinski definition) is 3. The van der Waals surface area contributed by atoms with Crippen LogP contribution in [-0.4, -0.2) is 21.9 Å². The Morgan fingerprint density at radius 2 is 2.30 bits per heavy atom. The van der Waals surface area contributed by atoms with Gasteiger partial charge in [-0.25, -0.2) is 9.48 Å². The zero-order chi connectivity index (χ0) is 14.5. The molecule has 0 saturated carbocycles. The van der Waals surface area contributed by atoms with E-state index in [1.165, 1.54) is 10.4 Å². The molecule has 2 aromatic rings. The Balaban J connectivity index is 2.02. The van der Waals surface area contributed by atoms with Crippen LogP contribution < -0.4 is 10.6 Å². The molecule has 0 unspecified atom stereocenters. The van der Waals surface area contributed by atoms with Crippen molar-refractivity contribution in [3.8, 4) is 0 Å². The predicted molar refractivity (Wildman–Crippen MR) is 82.3 cm³/mol. The molecule has 5 nitrogen and oxygen atoms in total. The van der Waals surface area contributed by atoms with Crippen LogP contribution in [0.2, 0.25) is 0 Å². The van der Waals surface area contributed by atoms with Gasteiger partial charge in [0.25, 0.3) is 0 Å². The third-order valence-corrected chi connectivity index (χ3v) is 4.22. The largest absolute Gasteiger partial charge is 0.335 e. The summed E-state index contributed by atoms with van der Waals surface area (Å²) in [4.78, 5) is 13.1. The molecule has 2 amide bonds. The summed E-state index contributed by atoms with van der Waals surface area (Å²) >= 11 is 1.70. The number of amides is 2. The Morgan fingerprint density at radius 3 is 2.95 bits per heavy atom. The van der Waals surface area contributed by atoms with Gasteiger partial charge >= 0.3 is 6.03 Å². The SMILES string of the molecule is CC[C@H](C)NC(=O)Nc1ccnn1Cc1sccc1C. The summed E-state index contributed by atoms with van der Waals surface area (Å²) in [7, 11) is 0. The van der Waals surface area contributed by atoms with Crippen molar-refractivity contribution in [2.45, 2.75) is 39.8 Å². The Labute approximate surface area is 123 Å². The van der Waals surface area contributed by atoms with Crippen molar-refractivity contribution in [3.63, 3.8) is 0 Å². The maximum absolute atomic E-state index is 11.8. The fourth-order valence-electron chi connectivity index (χ4n) is 1.75. The molecule has 0 aliphatic heterocycles. The molecule has 20 heavy (non-hydrogen) atoms. The first kappa shape index (κ1) is 14.6. The molecule has 2 N–H and O–H groups in total. The Morgan fingerprint density at radius 1 is 1.50 bits per heavy atom. The number of thiophene rings is 1. The molecule has 0 aromatic carbocycles. The fourth-order valence-corrected chi connectivity index (χ4v) is 2.63. The summed E-state index contributed by atoms with van der Waals surface area (Å²) < 4.78 is 1.80. The van der Waals surface area contributed by atoms with Crippen LogP contribution in [0.15, 0.2) is 23.7 Å². The number of carbonyl (C=O) groups is 1. The molecule has 0 radical (unpaired) electrons. The quantitative estimate of drug-likeness (QED) is 0.889. The molecule has 2 rings (SSSR count). The van der Waals surface area contributed by atoms with Crippen molar-refractivity contribution >= 4 is 23.2 Å². The third kappa shape index (κ3) is 3.60. The molecule has 0 aliphatic carbocycles. The first-order valence-electron chi connectivity index (χ1n) is 6.72. The number of hydrogen-bond donors (Lipinski definition) is 2. The standard InChI is InChI=1S/C14H20N4OS/c1-4-11(3)16-14(19)17-13-5-7-15-18(13)9-12-10(2)6-8-20-12/h5-8,11H,4,9H2,1-3H3,(H2,16,17,19)/t11-/m0/s1. The molecule has 108 valence electrons. The highest BCUT2D eigenvalue weighted by Gasteiger charge is 2.10. The van der Waals surface area contributed by atoms with Gasteiger partial charge in [-0.1, -0.05) is 6.92 Å². The zero-order valence-corrected chi connectivity index (χ0v) is 12.8. The monoisotopic (exact) mass is 292 g/mol. The summed E-state index contributed by atoms with van der Waals surface area (Å²) in [5.74, 6) is 0.707. The van der Waals surface area contributed by atoms with Crippen molar-refractivity contribution in [1.82, 2.24) is 15.1 Å². The van der Waals surface area contributed by atoms with Gasteiger partial charge in [0, 0.05) is 17.0 Å².